The van der Waals surface area contributed by atoms with E-state index in [1.54, 1.807) is 11.9 Å². The van der Waals surface area contributed by atoms with E-state index < -0.39 is 0 Å². The summed E-state index contributed by atoms with van der Waals surface area (Å²) in [7, 11) is 1.70. The van der Waals surface area contributed by atoms with Gasteiger partial charge in [0, 0.05) is 13.1 Å². The number of hydrogen-bond donors (Lipinski definition) is 1. The van der Waals surface area contributed by atoms with Crippen LogP contribution in [0.4, 0.5) is 5.82 Å². The fourth-order valence-electron chi connectivity index (χ4n) is 0.985. The summed E-state index contributed by atoms with van der Waals surface area (Å²) in [6, 6.07) is 0.138. The molecule has 1 atom stereocenters. The number of nitrogens with two attached hydrogens (primary N) is 1. The monoisotopic (exact) mass is 198 g/mol. The van der Waals surface area contributed by atoms with Gasteiger partial charge in [0.15, 0.2) is 0 Å². The van der Waals surface area contributed by atoms with Gasteiger partial charge in [-0.1, -0.05) is 6.92 Å². The van der Waals surface area contributed by atoms with Gasteiger partial charge in [-0.25, -0.2) is 4.63 Å². The molecule has 1 aromatic heterocycles. The molecule has 1 aromatic rings. The molecule has 1 heterocycles. The van der Waals surface area contributed by atoms with Crippen LogP contribution in [0.2, 0.25) is 0 Å². The Bertz CT molecular complexity index is 323. The molecule has 0 fully saturated rings. The largest absolute Gasteiger partial charge is 0.379 e. The van der Waals surface area contributed by atoms with Crippen molar-refractivity contribution in [3.05, 3.63) is 5.69 Å². The van der Waals surface area contributed by atoms with E-state index in [9.17, 15) is 4.79 Å². The van der Waals surface area contributed by atoms with E-state index in [-0.39, 0.29) is 23.5 Å². The summed E-state index contributed by atoms with van der Waals surface area (Å²) >= 11 is 0. The SMILES string of the molecule is CCC(C)N(C)C(=O)c1nonc1N. The number of anilines is 1. The minimum absolute atomic E-state index is 0.0325. The van der Waals surface area contributed by atoms with Crippen molar-refractivity contribution in [2.45, 2.75) is 26.3 Å². The summed E-state index contributed by atoms with van der Waals surface area (Å²) in [4.78, 5) is 13.3. The summed E-state index contributed by atoms with van der Waals surface area (Å²) in [5, 5.41) is 6.80. The Kier molecular flexibility index (Phi) is 3.06. The Labute approximate surface area is 82.0 Å². The van der Waals surface area contributed by atoms with Crippen LogP contribution < -0.4 is 5.73 Å². The third-order valence-electron chi connectivity index (χ3n) is 2.29. The summed E-state index contributed by atoms with van der Waals surface area (Å²) < 4.78 is 4.36. The third kappa shape index (κ3) is 1.84. The number of carbonyl (C=O) groups is 1. The van der Waals surface area contributed by atoms with Gasteiger partial charge in [-0.05, 0) is 23.7 Å². The Hall–Kier alpha value is -1.59. The Morgan fingerprint density at radius 2 is 2.29 bits per heavy atom. The summed E-state index contributed by atoms with van der Waals surface area (Å²) in [5.74, 6) is -0.233. The fraction of sp³-hybridized carbons (Fsp3) is 0.625. The fourth-order valence-corrected chi connectivity index (χ4v) is 0.985. The maximum atomic E-state index is 11.7. The standard InChI is InChI=1S/C8H14N4O2/c1-4-5(2)12(3)8(13)6-7(9)11-14-10-6/h5H,4H2,1-3H3,(H2,9,11). The predicted octanol–water partition coefficient (Wildman–Crippen LogP) is 0.522. The molecule has 0 saturated carbocycles. The van der Waals surface area contributed by atoms with Gasteiger partial charge in [0.1, 0.15) is 0 Å². The molecule has 0 radical (unpaired) electrons. The number of amides is 1. The minimum atomic E-state index is -0.266. The van der Waals surface area contributed by atoms with Crippen molar-refractivity contribution in [3.63, 3.8) is 0 Å². The van der Waals surface area contributed by atoms with E-state index in [1.807, 2.05) is 13.8 Å². The lowest BCUT2D eigenvalue weighted by atomic mass is 10.2. The Balaban J connectivity index is 2.81. The van der Waals surface area contributed by atoms with Crippen LogP contribution >= 0.6 is 0 Å². The van der Waals surface area contributed by atoms with Gasteiger partial charge in [0.2, 0.25) is 11.5 Å². The Morgan fingerprint density at radius 3 is 2.71 bits per heavy atom. The second kappa shape index (κ2) is 4.08. The maximum absolute atomic E-state index is 11.7. The average Bonchev–Trinajstić information content (AvgIpc) is 2.61. The highest BCUT2D eigenvalue weighted by Gasteiger charge is 2.22. The van der Waals surface area contributed by atoms with Crippen molar-refractivity contribution in [3.8, 4) is 0 Å². The molecule has 14 heavy (non-hydrogen) atoms. The van der Waals surface area contributed by atoms with Crippen molar-refractivity contribution in [1.29, 1.82) is 0 Å². The molecule has 0 bridgehead atoms. The molecule has 0 aliphatic carbocycles. The molecule has 1 amide bonds. The van der Waals surface area contributed by atoms with Crippen LogP contribution in [-0.4, -0.2) is 34.2 Å². The van der Waals surface area contributed by atoms with Crippen molar-refractivity contribution in [1.82, 2.24) is 15.2 Å². The number of carbonyl (C=O) groups excluding carboxylic acids is 1. The molecule has 6 heteroatoms. The maximum Gasteiger partial charge on any atom is 0.280 e. The molecule has 1 unspecified atom stereocenters. The molecular weight excluding hydrogens is 184 g/mol. The zero-order chi connectivity index (χ0) is 10.7. The quantitative estimate of drug-likeness (QED) is 0.765. The van der Waals surface area contributed by atoms with E-state index in [0.717, 1.165) is 6.42 Å². The predicted molar refractivity (Wildman–Crippen MR) is 50.6 cm³/mol. The summed E-state index contributed by atoms with van der Waals surface area (Å²) in [6.07, 6.45) is 0.868. The van der Waals surface area contributed by atoms with Crippen molar-refractivity contribution >= 4 is 11.7 Å². The van der Waals surface area contributed by atoms with Crippen molar-refractivity contribution in [2.75, 3.05) is 12.8 Å². The highest BCUT2D eigenvalue weighted by molar-refractivity contribution is 5.96. The molecule has 0 saturated heterocycles. The lowest BCUT2D eigenvalue weighted by Crippen LogP contribution is -2.35. The van der Waals surface area contributed by atoms with Gasteiger partial charge in [0.05, 0.1) is 0 Å². The topological polar surface area (TPSA) is 85.2 Å². The normalized spacial score (nSPS) is 12.5. The van der Waals surface area contributed by atoms with Crippen LogP contribution in [0.1, 0.15) is 30.8 Å². The number of rotatable bonds is 3. The first-order chi connectivity index (χ1) is 6.57. The number of hydrogen-bond acceptors (Lipinski definition) is 5. The molecular formula is C8H14N4O2. The molecule has 0 aromatic carbocycles. The van der Waals surface area contributed by atoms with E-state index in [0.29, 0.717) is 0 Å². The van der Waals surface area contributed by atoms with Gasteiger partial charge in [0.25, 0.3) is 5.91 Å². The second-order valence-corrected chi connectivity index (χ2v) is 3.17. The lowest BCUT2D eigenvalue weighted by molar-refractivity contribution is 0.0730. The molecule has 0 aliphatic heterocycles. The van der Waals surface area contributed by atoms with Gasteiger partial charge >= 0.3 is 0 Å². The molecule has 6 nitrogen and oxygen atoms in total. The van der Waals surface area contributed by atoms with Crippen molar-refractivity contribution < 1.29 is 9.42 Å². The molecule has 1 rings (SSSR count). The highest BCUT2D eigenvalue weighted by Crippen LogP contribution is 2.10. The Morgan fingerprint density at radius 1 is 1.64 bits per heavy atom. The highest BCUT2D eigenvalue weighted by atomic mass is 16.6. The van der Waals surface area contributed by atoms with Crippen LogP contribution in [0, 0.1) is 0 Å². The van der Waals surface area contributed by atoms with Crippen LogP contribution in [0.15, 0.2) is 4.63 Å². The number of nitrogen functional groups attached to an aromatic ring is 1. The van der Waals surface area contributed by atoms with Gasteiger partial charge in [-0.3, -0.25) is 4.79 Å². The van der Waals surface area contributed by atoms with Gasteiger partial charge in [-0.15, -0.1) is 0 Å². The van der Waals surface area contributed by atoms with E-state index >= 15 is 0 Å². The molecule has 0 aliphatic rings. The van der Waals surface area contributed by atoms with Crippen LogP contribution in [0.25, 0.3) is 0 Å². The zero-order valence-corrected chi connectivity index (χ0v) is 8.52. The molecule has 78 valence electrons. The minimum Gasteiger partial charge on any atom is -0.379 e. The van der Waals surface area contributed by atoms with Crippen molar-refractivity contribution in [2.24, 2.45) is 0 Å². The molecule has 0 spiro atoms. The van der Waals surface area contributed by atoms with E-state index in [2.05, 4.69) is 14.9 Å². The van der Waals surface area contributed by atoms with Crippen LogP contribution in [-0.2, 0) is 0 Å². The summed E-state index contributed by atoms with van der Waals surface area (Å²) in [6.45, 7) is 3.94. The van der Waals surface area contributed by atoms with E-state index in [1.165, 1.54) is 0 Å². The average molecular weight is 198 g/mol. The van der Waals surface area contributed by atoms with Gasteiger partial charge in [-0.2, -0.15) is 0 Å². The number of nitrogens with zero attached hydrogens (tertiary/aromatic N) is 3. The first-order valence-electron chi connectivity index (χ1n) is 4.43. The van der Waals surface area contributed by atoms with Gasteiger partial charge < -0.3 is 10.6 Å². The second-order valence-electron chi connectivity index (χ2n) is 3.17. The zero-order valence-electron chi connectivity index (χ0n) is 8.52. The lowest BCUT2D eigenvalue weighted by Gasteiger charge is -2.22. The molecule has 2 N–H and O–H groups in total. The first kappa shape index (κ1) is 10.5. The van der Waals surface area contributed by atoms with Crippen LogP contribution in [0.3, 0.4) is 0 Å². The third-order valence-corrected chi connectivity index (χ3v) is 2.29. The van der Waals surface area contributed by atoms with Crippen LogP contribution in [0.5, 0.6) is 0 Å². The first-order valence-corrected chi connectivity index (χ1v) is 4.43. The smallest absolute Gasteiger partial charge is 0.280 e. The van der Waals surface area contributed by atoms with E-state index in [4.69, 9.17) is 5.73 Å². The summed E-state index contributed by atoms with van der Waals surface area (Å²) in [5.41, 5.74) is 5.48. The number of aromatic nitrogens is 2.